The molecule has 1 fully saturated rings. The minimum atomic E-state index is -3.69. The van der Waals surface area contributed by atoms with Crippen LogP contribution in [0.15, 0.2) is 47.4 Å². The Labute approximate surface area is 188 Å². The van der Waals surface area contributed by atoms with Crippen molar-refractivity contribution in [3.8, 4) is 11.5 Å². The minimum Gasteiger partial charge on any atom is -0.497 e. The largest absolute Gasteiger partial charge is 0.497 e. The van der Waals surface area contributed by atoms with Crippen LogP contribution in [0.1, 0.15) is 31.4 Å². The van der Waals surface area contributed by atoms with Crippen LogP contribution >= 0.6 is 11.6 Å². The maximum absolute atomic E-state index is 13.0. The molecule has 1 N–H and O–H groups in total. The Morgan fingerprint density at radius 3 is 2.52 bits per heavy atom. The number of amides is 1. The van der Waals surface area contributed by atoms with E-state index >= 15 is 0 Å². The van der Waals surface area contributed by atoms with Crippen LogP contribution in [-0.2, 0) is 14.8 Å². The lowest BCUT2D eigenvalue weighted by atomic mass is 9.97. The molecule has 0 bridgehead atoms. The quantitative estimate of drug-likeness (QED) is 0.673. The number of ether oxygens (including phenoxy) is 2. The van der Waals surface area contributed by atoms with Gasteiger partial charge < -0.3 is 14.8 Å². The van der Waals surface area contributed by atoms with Gasteiger partial charge in [0.2, 0.25) is 15.9 Å². The van der Waals surface area contributed by atoms with Gasteiger partial charge in [0.05, 0.1) is 31.1 Å². The third kappa shape index (κ3) is 5.31. The maximum atomic E-state index is 13.0. The zero-order valence-corrected chi connectivity index (χ0v) is 19.4. The predicted molar refractivity (Wildman–Crippen MR) is 119 cm³/mol. The first kappa shape index (κ1) is 23.4. The Hall–Kier alpha value is -2.29. The van der Waals surface area contributed by atoms with Gasteiger partial charge in [0.15, 0.2) is 0 Å². The number of benzene rings is 2. The standard InChI is InChI=1S/C22H27ClN2O5S/c1-15(20-13-18(29-2)8-11-21(20)30-3)24-22(26)16-5-4-12-25(14-16)31(27,28)19-9-6-17(23)7-10-19/h6-11,13,15-16H,4-5,12,14H2,1-3H3,(H,24,26). The van der Waals surface area contributed by atoms with Gasteiger partial charge in [-0.15, -0.1) is 0 Å². The van der Waals surface area contributed by atoms with E-state index in [2.05, 4.69) is 5.32 Å². The van der Waals surface area contributed by atoms with E-state index in [0.29, 0.717) is 35.9 Å². The highest BCUT2D eigenvalue weighted by Crippen LogP contribution is 2.30. The molecule has 1 aliphatic rings. The predicted octanol–water partition coefficient (Wildman–Crippen LogP) is 3.64. The number of carbonyl (C=O) groups excluding carboxylic acids is 1. The van der Waals surface area contributed by atoms with Crippen molar-refractivity contribution in [1.82, 2.24) is 9.62 Å². The summed E-state index contributed by atoms with van der Waals surface area (Å²) in [5.74, 6) is 0.683. The van der Waals surface area contributed by atoms with E-state index in [-0.39, 0.29) is 23.4 Å². The number of nitrogens with one attached hydrogen (secondary N) is 1. The second kappa shape index (κ2) is 9.89. The highest BCUT2D eigenvalue weighted by molar-refractivity contribution is 7.89. The molecule has 9 heteroatoms. The van der Waals surface area contributed by atoms with Crippen molar-refractivity contribution in [3.05, 3.63) is 53.1 Å². The van der Waals surface area contributed by atoms with Crippen LogP contribution in [0.3, 0.4) is 0 Å². The van der Waals surface area contributed by atoms with Gasteiger partial charge in [-0.25, -0.2) is 8.42 Å². The molecule has 1 aliphatic heterocycles. The van der Waals surface area contributed by atoms with Crippen molar-refractivity contribution in [2.75, 3.05) is 27.3 Å². The van der Waals surface area contributed by atoms with Gasteiger partial charge in [-0.3, -0.25) is 4.79 Å². The van der Waals surface area contributed by atoms with Gasteiger partial charge in [-0.2, -0.15) is 4.31 Å². The van der Waals surface area contributed by atoms with Crippen LogP contribution in [-0.4, -0.2) is 45.9 Å². The van der Waals surface area contributed by atoms with E-state index in [0.717, 1.165) is 5.56 Å². The molecule has 1 saturated heterocycles. The minimum absolute atomic E-state index is 0.138. The fourth-order valence-corrected chi connectivity index (χ4v) is 5.37. The second-order valence-corrected chi connectivity index (χ2v) is 9.87. The molecule has 1 amide bonds. The molecule has 0 aromatic heterocycles. The van der Waals surface area contributed by atoms with E-state index in [1.807, 2.05) is 13.0 Å². The first-order valence-electron chi connectivity index (χ1n) is 10.0. The number of hydrogen-bond donors (Lipinski definition) is 1. The second-order valence-electron chi connectivity index (χ2n) is 7.49. The van der Waals surface area contributed by atoms with Gasteiger partial charge in [0.1, 0.15) is 11.5 Å². The molecule has 0 aliphatic carbocycles. The average Bonchev–Trinajstić information content (AvgIpc) is 2.78. The van der Waals surface area contributed by atoms with E-state index in [4.69, 9.17) is 21.1 Å². The third-order valence-electron chi connectivity index (χ3n) is 5.47. The maximum Gasteiger partial charge on any atom is 0.243 e. The summed E-state index contributed by atoms with van der Waals surface area (Å²) in [5, 5.41) is 3.47. The first-order valence-corrected chi connectivity index (χ1v) is 11.9. The van der Waals surface area contributed by atoms with E-state index < -0.39 is 15.9 Å². The molecule has 3 rings (SSSR count). The lowest BCUT2D eigenvalue weighted by Gasteiger charge is -2.32. The number of piperidine rings is 1. The number of sulfonamides is 1. The molecule has 2 atom stereocenters. The summed E-state index contributed by atoms with van der Waals surface area (Å²) in [6, 6.07) is 11.1. The fourth-order valence-electron chi connectivity index (χ4n) is 3.72. The highest BCUT2D eigenvalue weighted by Gasteiger charge is 2.34. The normalized spacial score (nSPS) is 18.3. The van der Waals surface area contributed by atoms with Crippen molar-refractivity contribution in [2.45, 2.75) is 30.7 Å². The SMILES string of the molecule is COc1ccc(OC)c(C(C)NC(=O)C2CCCN(S(=O)(=O)c3ccc(Cl)cc3)C2)c1. The number of hydrogen-bond acceptors (Lipinski definition) is 5. The van der Waals surface area contributed by atoms with Gasteiger partial charge in [0, 0.05) is 23.7 Å². The molecule has 1 heterocycles. The first-order chi connectivity index (χ1) is 14.8. The molecule has 0 radical (unpaired) electrons. The summed E-state index contributed by atoms with van der Waals surface area (Å²) in [4.78, 5) is 13.1. The summed E-state index contributed by atoms with van der Waals surface area (Å²) >= 11 is 5.87. The Morgan fingerprint density at radius 2 is 1.87 bits per heavy atom. The summed E-state index contributed by atoms with van der Waals surface area (Å²) in [7, 11) is -0.541. The molecule has 2 aromatic carbocycles. The zero-order chi connectivity index (χ0) is 22.6. The van der Waals surface area contributed by atoms with Crippen molar-refractivity contribution in [3.63, 3.8) is 0 Å². The summed E-state index contributed by atoms with van der Waals surface area (Å²) < 4.78 is 38.0. The Bertz CT molecular complexity index is 1030. The van der Waals surface area contributed by atoms with Crippen LogP contribution in [0.5, 0.6) is 11.5 Å². The smallest absolute Gasteiger partial charge is 0.243 e. The molecular weight excluding hydrogens is 440 g/mol. The van der Waals surface area contributed by atoms with Crippen molar-refractivity contribution < 1.29 is 22.7 Å². The van der Waals surface area contributed by atoms with Crippen LogP contribution < -0.4 is 14.8 Å². The lowest BCUT2D eigenvalue weighted by Crippen LogP contribution is -2.45. The van der Waals surface area contributed by atoms with E-state index in [9.17, 15) is 13.2 Å². The third-order valence-corrected chi connectivity index (χ3v) is 7.60. The van der Waals surface area contributed by atoms with Gasteiger partial charge >= 0.3 is 0 Å². The Balaban J connectivity index is 1.72. The number of carbonyl (C=O) groups is 1. The van der Waals surface area contributed by atoms with Crippen LogP contribution in [0.2, 0.25) is 5.02 Å². The van der Waals surface area contributed by atoms with Crippen LogP contribution in [0.4, 0.5) is 0 Å². The number of halogens is 1. The van der Waals surface area contributed by atoms with Crippen LogP contribution in [0, 0.1) is 5.92 Å². The fraction of sp³-hybridized carbons (Fsp3) is 0.409. The van der Waals surface area contributed by atoms with Gasteiger partial charge in [-0.1, -0.05) is 11.6 Å². The summed E-state index contributed by atoms with van der Waals surface area (Å²) in [6.45, 7) is 2.38. The van der Waals surface area contributed by atoms with Crippen molar-refractivity contribution in [1.29, 1.82) is 0 Å². The van der Waals surface area contributed by atoms with Gasteiger partial charge in [0.25, 0.3) is 0 Å². The Kier molecular flexibility index (Phi) is 7.46. The molecule has 0 spiro atoms. The molecule has 2 aromatic rings. The number of nitrogens with zero attached hydrogens (tertiary/aromatic N) is 1. The zero-order valence-electron chi connectivity index (χ0n) is 17.8. The average molecular weight is 467 g/mol. The molecule has 0 saturated carbocycles. The molecule has 168 valence electrons. The number of rotatable bonds is 7. The van der Waals surface area contributed by atoms with E-state index in [1.165, 1.54) is 16.4 Å². The molecule has 7 nitrogen and oxygen atoms in total. The van der Waals surface area contributed by atoms with Gasteiger partial charge in [-0.05, 0) is 62.2 Å². The molecule has 2 unspecified atom stereocenters. The molecular formula is C22H27ClN2O5S. The topological polar surface area (TPSA) is 84.9 Å². The molecule has 31 heavy (non-hydrogen) atoms. The monoisotopic (exact) mass is 466 g/mol. The lowest BCUT2D eigenvalue weighted by molar-refractivity contribution is -0.126. The summed E-state index contributed by atoms with van der Waals surface area (Å²) in [5.41, 5.74) is 0.789. The highest BCUT2D eigenvalue weighted by atomic mass is 35.5. The van der Waals surface area contributed by atoms with Crippen molar-refractivity contribution in [2.24, 2.45) is 5.92 Å². The van der Waals surface area contributed by atoms with Crippen LogP contribution in [0.25, 0.3) is 0 Å². The van der Waals surface area contributed by atoms with Crippen molar-refractivity contribution >= 4 is 27.5 Å². The van der Waals surface area contributed by atoms with E-state index in [1.54, 1.807) is 38.5 Å². The summed E-state index contributed by atoms with van der Waals surface area (Å²) in [6.07, 6.45) is 1.24. The Morgan fingerprint density at radius 1 is 1.16 bits per heavy atom. The number of methoxy groups -OCH3 is 2.